The Morgan fingerprint density at radius 2 is 2.00 bits per heavy atom. The standard InChI is InChI=1S/C6H6BrF3/c1-2-4-3-5(8,9)6(4,7)10/h2,4H,1,3H2. The van der Waals surface area contributed by atoms with Crippen molar-refractivity contribution in [2.45, 2.75) is 16.9 Å². The van der Waals surface area contributed by atoms with Gasteiger partial charge in [-0.2, -0.15) is 0 Å². The molecule has 4 heteroatoms. The normalized spacial score (nSPS) is 44.2. The van der Waals surface area contributed by atoms with Crippen molar-refractivity contribution in [3.05, 3.63) is 12.7 Å². The van der Waals surface area contributed by atoms with Gasteiger partial charge in [-0.15, -0.1) is 6.58 Å². The summed E-state index contributed by atoms with van der Waals surface area (Å²) >= 11 is 2.32. The van der Waals surface area contributed by atoms with Crippen molar-refractivity contribution in [2.75, 3.05) is 0 Å². The van der Waals surface area contributed by atoms with Gasteiger partial charge in [0.2, 0.25) is 4.58 Å². The van der Waals surface area contributed by atoms with Gasteiger partial charge < -0.3 is 0 Å². The number of halogens is 4. The summed E-state index contributed by atoms with van der Waals surface area (Å²) in [5.41, 5.74) is 0. The van der Waals surface area contributed by atoms with E-state index in [4.69, 9.17) is 0 Å². The molecule has 10 heavy (non-hydrogen) atoms. The molecule has 0 aliphatic heterocycles. The molecular weight excluding hydrogens is 209 g/mol. The first-order valence-corrected chi connectivity index (χ1v) is 3.59. The minimum absolute atomic E-state index is 0.446. The number of allylic oxidation sites excluding steroid dienone is 1. The van der Waals surface area contributed by atoms with E-state index in [2.05, 4.69) is 22.5 Å². The van der Waals surface area contributed by atoms with Crippen LogP contribution in [-0.4, -0.2) is 10.5 Å². The third-order valence-corrected chi connectivity index (χ3v) is 2.88. The van der Waals surface area contributed by atoms with Crippen LogP contribution < -0.4 is 0 Å². The van der Waals surface area contributed by atoms with E-state index in [1.165, 1.54) is 6.08 Å². The molecule has 2 atom stereocenters. The van der Waals surface area contributed by atoms with Crippen molar-refractivity contribution in [1.82, 2.24) is 0 Å². The minimum Gasteiger partial charge on any atom is -0.224 e. The molecule has 0 N–H and O–H groups in total. The van der Waals surface area contributed by atoms with Crippen LogP contribution in [-0.2, 0) is 0 Å². The first-order valence-electron chi connectivity index (χ1n) is 2.80. The topological polar surface area (TPSA) is 0 Å². The SMILES string of the molecule is C=CC1CC(F)(F)C1(F)Br. The third-order valence-electron chi connectivity index (χ3n) is 1.71. The van der Waals surface area contributed by atoms with Crippen LogP contribution in [0.2, 0.25) is 0 Å². The first-order chi connectivity index (χ1) is 4.42. The van der Waals surface area contributed by atoms with Crippen LogP contribution in [0.5, 0.6) is 0 Å². The maximum atomic E-state index is 12.7. The van der Waals surface area contributed by atoms with Crippen molar-refractivity contribution in [3.63, 3.8) is 0 Å². The van der Waals surface area contributed by atoms with Crippen molar-refractivity contribution in [3.8, 4) is 0 Å². The molecule has 0 aromatic carbocycles. The molecule has 58 valence electrons. The molecule has 0 radical (unpaired) electrons. The van der Waals surface area contributed by atoms with Crippen LogP contribution in [0.15, 0.2) is 12.7 Å². The molecular formula is C6H6BrF3. The molecule has 0 bridgehead atoms. The van der Waals surface area contributed by atoms with Gasteiger partial charge in [-0.1, -0.05) is 6.08 Å². The van der Waals surface area contributed by atoms with Crippen molar-refractivity contribution < 1.29 is 13.2 Å². The minimum atomic E-state index is -3.23. The Kier molecular flexibility index (Phi) is 1.62. The maximum Gasteiger partial charge on any atom is 0.292 e. The lowest BCUT2D eigenvalue weighted by Crippen LogP contribution is -2.56. The first kappa shape index (κ1) is 8.11. The van der Waals surface area contributed by atoms with Crippen LogP contribution in [0, 0.1) is 5.92 Å². The van der Waals surface area contributed by atoms with Gasteiger partial charge in [0.25, 0.3) is 5.92 Å². The molecule has 1 aliphatic rings. The second-order valence-electron chi connectivity index (χ2n) is 2.37. The molecule has 0 spiro atoms. The fraction of sp³-hybridized carbons (Fsp3) is 0.667. The van der Waals surface area contributed by atoms with E-state index in [1.807, 2.05) is 0 Å². The maximum absolute atomic E-state index is 12.7. The zero-order valence-electron chi connectivity index (χ0n) is 5.08. The Morgan fingerprint density at radius 1 is 1.50 bits per heavy atom. The molecule has 0 nitrogen and oxygen atoms in total. The Hall–Kier alpha value is 0.01000. The molecule has 1 aliphatic carbocycles. The largest absolute Gasteiger partial charge is 0.292 e. The molecule has 1 saturated carbocycles. The van der Waals surface area contributed by atoms with Gasteiger partial charge in [-0.05, 0) is 15.9 Å². The summed E-state index contributed by atoms with van der Waals surface area (Å²) in [6.07, 6.45) is 0.754. The average Bonchev–Trinajstić information content (AvgIpc) is 1.83. The highest BCUT2D eigenvalue weighted by atomic mass is 79.9. The van der Waals surface area contributed by atoms with Crippen molar-refractivity contribution >= 4 is 15.9 Å². The highest BCUT2D eigenvalue weighted by molar-refractivity contribution is 9.10. The van der Waals surface area contributed by atoms with Crippen LogP contribution >= 0.6 is 15.9 Å². The molecule has 1 fully saturated rings. The van der Waals surface area contributed by atoms with Gasteiger partial charge >= 0.3 is 0 Å². The summed E-state index contributed by atoms with van der Waals surface area (Å²) in [4.78, 5) is 0. The zero-order valence-corrected chi connectivity index (χ0v) is 6.67. The second kappa shape index (κ2) is 2.00. The van der Waals surface area contributed by atoms with Crippen molar-refractivity contribution in [1.29, 1.82) is 0 Å². The molecule has 0 aromatic rings. The predicted octanol–water partition coefficient (Wildman–Crippen LogP) is 2.89. The van der Waals surface area contributed by atoms with Gasteiger partial charge in [-0.25, -0.2) is 13.2 Å². The van der Waals surface area contributed by atoms with Gasteiger partial charge in [0.1, 0.15) is 0 Å². The number of hydrogen-bond donors (Lipinski definition) is 0. The van der Waals surface area contributed by atoms with Crippen LogP contribution in [0.25, 0.3) is 0 Å². The van der Waals surface area contributed by atoms with Gasteiger partial charge in [0.15, 0.2) is 0 Å². The summed E-state index contributed by atoms with van der Waals surface area (Å²) in [6, 6.07) is 0. The van der Waals surface area contributed by atoms with Crippen molar-refractivity contribution in [2.24, 2.45) is 5.92 Å². The predicted molar refractivity (Wildman–Crippen MR) is 36.0 cm³/mol. The Morgan fingerprint density at radius 3 is 2.10 bits per heavy atom. The number of rotatable bonds is 1. The average molecular weight is 215 g/mol. The molecule has 0 amide bonds. The van der Waals surface area contributed by atoms with Crippen LogP contribution in [0.4, 0.5) is 13.2 Å². The summed E-state index contributed by atoms with van der Waals surface area (Å²) < 4.78 is 34.8. The van der Waals surface area contributed by atoms with E-state index in [0.717, 1.165) is 0 Å². The van der Waals surface area contributed by atoms with E-state index in [9.17, 15) is 13.2 Å². The fourth-order valence-electron chi connectivity index (χ4n) is 0.912. The lowest BCUT2D eigenvalue weighted by Gasteiger charge is -2.44. The van der Waals surface area contributed by atoms with Gasteiger partial charge in [-0.3, -0.25) is 0 Å². The van der Waals surface area contributed by atoms with E-state index in [1.54, 1.807) is 0 Å². The molecule has 0 aromatic heterocycles. The Bertz CT molecular complexity index is 164. The summed E-state index contributed by atoms with van der Waals surface area (Å²) in [7, 11) is 0. The monoisotopic (exact) mass is 214 g/mol. The molecule has 2 unspecified atom stereocenters. The van der Waals surface area contributed by atoms with Gasteiger partial charge in [0.05, 0.1) is 0 Å². The summed E-state index contributed by atoms with van der Waals surface area (Å²) in [5, 5.41) is 0. The Labute approximate surface area is 65.2 Å². The lowest BCUT2D eigenvalue weighted by atomic mass is 9.79. The summed E-state index contributed by atoms with van der Waals surface area (Å²) in [5.74, 6) is -3.99. The van der Waals surface area contributed by atoms with E-state index >= 15 is 0 Å². The van der Waals surface area contributed by atoms with E-state index < -0.39 is 22.8 Å². The van der Waals surface area contributed by atoms with E-state index in [0.29, 0.717) is 0 Å². The third kappa shape index (κ3) is 0.813. The van der Waals surface area contributed by atoms with Gasteiger partial charge in [0, 0.05) is 12.3 Å². The summed E-state index contributed by atoms with van der Waals surface area (Å²) in [6.45, 7) is 3.24. The van der Waals surface area contributed by atoms with Crippen LogP contribution in [0.3, 0.4) is 0 Å². The zero-order chi connectivity index (χ0) is 7.99. The van der Waals surface area contributed by atoms with E-state index in [-0.39, 0.29) is 0 Å². The smallest absolute Gasteiger partial charge is 0.224 e. The Balaban J connectivity index is 2.73. The second-order valence-corrected chi connectivity index (χ2v) is 3.53. The molecule has 1 rings (SSSR count). The van der Waals surface area contributed by atoms with Crippen LogP contribution in [0.1, 0.15) is 6.42 Å². The number of alkyl halides is 4. The number of hydrogen-bond acceptors (Lipinski definition) is 0. The highest BCUT2D eigenvalue weighted by Crippen LogP contribution is 2.58. The molecule has 0 saturated heterocycles. The highest BCUT2D eigenvalue weighted by Gasteiger charge is 2.67. The molecule has 0 heterocycles. The lowest BCUT2D eigenvalue weighted by molar-refractivity contribution is -0.184. The fourth-order valence-corrected chi connectivity index (χ4v) is 1.42. The quantitative estimate of drug-likeness (QED) is 0.466.